The second-order valence-corrected chi connectivity index (χ2v) is 4.20. The quantitative estimate of drug-likeness (QED) is 0.502. The number of hydrogen-bond donors (Lipinski definition) is 1. The van der Waals surface area contributed by atoms with Crippen LogP contribution in [-0.4, -0.2) is 18.7 Å². The van der Waals surface area contributed by atoms with Crippen LogP contribution in [-0.2, 0) is 0 Å². The van der Waals surface area contributed by atoms with E-state index in [2.05, 4.69) is 17.1 Å². The highest BCUT2D eigenvalue weighted by Crippen LogP contribution is 2.15. The number of amides is 1. The molecular weight excluding hydrogens is 264 g/mol. The molecule has 0 heterocycles. The molecule has 0 saturated carbocycles. The second-order valence-electron chi connectivity index (χ2n) is 4.20. The van der Waals surface area contributed by atoms with E-state index in [1.54, 1.807) is 36.6 Å². The van der Waals surface area contributed by atoms with E-state index in [1.165, 1.54) is 0 Å². The molecule has 106 valence electrons. The highest BCUT2D eigenvalue weighted by molar-refractivity contribution is 5.95. The maximum atomic E-state index is 11.8. The Labute approximate surface area is 123 Å². The Morgan fingerprint density at radius 3 is 2.62 bits per heavy atom. The molecule has 4 nitrogen and oxygen atoms in total. The van der Waals surface area contributed by atoms with Crippen LogP contribution in [0.2, 0.25) is 0 Å². The molecule has 0 spiro atoms. The van der Waals surface area contributed by atoms with E-state index in [4.69, 9.17) is 4.74 Å². The highest BCUT2D eigenvalue weighted by Gasteiger charge is 2.02. The molecule has 0 radical (unpaired) electrons. The molecule has 0 aliphatic carbocycles. The fourth-order valence-electron chi connectivity index (χ4n) is 1.68. The average Bonchev–Trinajstić information content (AvgIpc) is 2.54. The lowest BCUT2D eigenvalue weighted by Crippen LogP contribution is -2.17. The predicted molar refractivity (Wildman–Crippen MR) is 83.6 cm³/mol. The minimum atomic E-state index is -0.253. The lowest BCUT2D eigenvalue weighted by atomic mass is 10.2. The summed E-state index contributed by atoms with van der Waals surface area (Å²) in [6, 6.07) is 16.4. The van der Waals surface area contributed by atoms with Crippen LogP contribution in [0.5, 0.6) is 5.75 Å². The lowest BCUT2D eigenvalue weighted by molar-refractivity contribution is 0.0955. The molecule has 1 amide bonds. The second kappa shape index (κ2) is 7.65. The zero-order valence-corrected chi connectivity index (χ0v) is 11.5. The zero-order valence-electron chi connectivity index (χ0n) is 11.5. The first kappa shape index (κ1) is 14.5. The lowest BCUT2D eigenvalue weighted by Gasteiger charge is -2.06. The standard InChI is InChI=1S/C17H16N2O2/c1-2-12-21-16-11-7-6-10-15(16)13-18-19-17(20)14-8-4-3-5-9-14/h2-11,13H,1,12H2,(H,19,20)/b18-13+. The summed E-state index contributed by atoms with van der Waals surface area (Å²) >= 11 is 0. The Hall–Kier alpha value is -2.88. The SMILES string of the molecule is C=CCOc1ccccc1/C=N/NC(=O)c1ccccc1. The summed E-state index contributed by atoms with van der Waals surface area (Å²) in [6.45, 7) is 4.03. The maximum Gasteiger partial charge on any atom is 0.271 e. The van der Waals surface area contributed by atoms with Gasteiger partial charge in [-0.15, -0.1) is 0 Å². The van der Waals surface area contributed by atoms with Gasteiger partial charge in [0.2, 0.25) is 0 Å². The summed E-state index contributed by atoms with van der Waals surface area (Å²) in [4.78, 5) is 11.8. The summed E-state index contributed by atoms with van der Waals surface area (Å²) in [5.41, 5.74) is 3.83. The van der Waals surface area contributed by atoms with Gasteiger partial charge < -0.3 is 4.74 Å². The van der Waals surface area contributed by atoms with Crippen molar-refractivity contribution >= 4 is 12.1 Å². The van der Waals surface area contributed by atoms with Crippen LogP contribution in [0.4, 0.5) is 0 Å². The van der Waals surface area contributed by atoms with Crippen molar-refractivity contribution in [3.05, 3.63) is 78.4 Å². The summed E-state index contributed by atoms with van der Waals surface area (Å²) in [5.74, 6) is 0.437. The van der Waals surface area contributed by atoms with Crippen molar-refractivity contribution in [1.82, 2.24) is 5.43 Å². The van der Waals surface area contributed by atoms with Crippen LogP contribution in [0.15, 0.2) is 72.4 Å². The third kappa shape index (κ3) is 4.31. The van der Waals surface area contributed by atoms with Crippen molar-refractivity contribution < 1.29 is 9.53 Å². The molecule has 0 aliphatic rings. The Balaban J connectivity index is 2.01. The number of rotatable bonds is 6. The first-order chi connectivity index (χ1) is 10.3. The molecule has 0 unspecified atom stereocenters. The van der Waals surface area contributed by atoms with Gasteiger partial charge >= 0.3 is 0 Å². The van der Waals surface area contributed by atoms with Crippen molar-refractivity contribution in [3.8, 4) is 5.75 Å². The number of ether oxygens (including phenoxy) is 1. The normalized spacial score (nSPS) is 10.3. The van der Waals surface area contributed by atoms with E-state index in [-0.39, 0.29) is 5.91 Å². The Bertz CT molecular complexity index is 636. The van der Waals surface area contributed by atoms with Crippen molar-refractivity contribution in [3.63, 3.8) is 0 Å². The minimum absolute atomic E-state index is 0.253. The molecular formula is C17H16N2O2. The van der Waals surface area contributed by atoms with E-state index in [1.807, 2.05) is 30.3 Å². The van der Waals surface area contributed by atoms with Crippen LogP contribution in [0.3, 0.4) is 0 Å². The summed E-state index contributed by atoms with van der Waals surface area (Å²) < 4.78 is 5.51. The van der Waals surface area contributed by atoms with Gasteiger partial charge in [0.1, 0.15) is 12.4 Å². The largest absolute Gasteiger partial charge is 0.489 e. The van der Waals surface area contributed by atoms with Gasteiger partial charge in [0, 0.05) is 11.1 Å². The van der Waals surface area contributed by atoms with E-state index in [9.17, 15) is 4.79 Å². The number of carbonyl (C=O) groups excluding carboxylic acids is 1. The van der Waals surface area contributed by atoms with Crippen molar-refractivity contribution in [2.24, 2.45) is 5.10 Å². The molecule has 0 aromatic heterocycles. The number of hydrazone groups is 1. The molecule has 0 fully saturated rings. The average molecular weight is 280 g/mol. The van der Waals surface area contributed by atoms with Crippen LogP contribution in [0, 0.1) is 0 Å². The topological polar surface area (TPSA) is 50.7 Å². The third-order valence-electron chi connectivity index (χ3n) is 2.68. The minimum Gasteiger partial charge on any atom is -0.489 e. The molecule has 2 rings (SSSR count). The monoisotopic (exact) mass is 280 g/mol. The van der Waals surface area contributed by atoms with Gasteiger partial charge in [-0.05, 0) is 24.3 Å². The Morgan fingerprint density at radius 1 is 1.14 bits per heavy atom. The number of nitrogens with one attached hydrogen (secondary N) is 1. The predicted octanol–water partition coefficient (Wildman–Crippen LogP) is 3.02. The number of carbonyl (C=O) groups is 1. The van der Waals surface area contributed by atoms with Gasteiger partial charge in [-0.25, -0.2) is 5.43 Å². The van der Waals surface area contributed by atoms with E-state index >= 15 is 0 Å². The van der Waals surface area contributed by atoms with Crippen molar-refractivity contribution in [2.75, 3.05) is 6.61 Å². The molecule has 21 heavy (non-hydrogen) atoms. The van der Waals surface area contributed by atoms with Gasteiger partial charge in [0.05, 0.1) is 6.21 Å². The third-order valence-corrected chi connectivity index (χ3v) is 2.68. The number of benzene rings is 2. The van der Waals surface area contributed by atoms with E-state index in [0.717, 1.165) is 5.56 Å². The van der Waals surface area contributed by atoms with Crippen molar-refractivity contribution in [2.45, 2.75) is 0 Å². The van der Waals surface area contributed by atoms with Crippen LogP contribution < -0.4 is 10.2 Å². The molecule has 1 N–H and O–H groups in total. The Kier molecular flexibility index (Phi) is 5.29. The summed E-state index contributed by atoms with van der Waals surface area (Å²) in [6.07, 6.45) is 3.23. The van der Waals surface area contributed by atoms with Gasteiger partial charge in [-0.3, -0.25) is 4.79 Å². The highest BCUT2D eigenvalue weighted by atomic mass is 16.5. The first-order valence-electron chi connectivity index (χ1n) is 6.52. The fraction of sp³-hybridized carbons (Fsp3) is 0.0588. The van der Waals surface area contributed by atoms with Gasteiger partial charge in [-0.2, -0.15) is 5.10 Å². The van der Waals surface area contributed by atoms with Crippen LogP contribution in [0.25, 0.3) is 0 Å². The summed E-state index contributed by atoms with van der Waals surface area (Å²) in [5, 5.41) is 3.96. The van der Waals surface area contributed by atoms with Crippen molar-refractivity contribution in [1.29, 1.82) is 0 Å². The molecule has 4 heteroatoms. The van der Waals surface area contributed by atoms with E-state index in [0.29, 0.717) is 17.9 Å². The number of para-hydroxylation sites is 1. The molecule has 0 bridgehead atoms. The molecule has 0 atom stereocenters. The van der Waals surface area contributed by atoms with Crippen LogP contribution >= 0.6 is 0 Å². The van der Waals surface area contributed by atoms with Gasteiger partial charge in [0.15, 0.2) is 0 Å². The van der Waals surface area contributed by atoms with Gasteiger partial charge in [-0.1, -0.05) is 43.0 Å². The number of nitrogens with zero attached hydrogens (tertiary/aromatic N) is 1. The zero-order chi connectivity index (χ0) is 14.9. The molecule has 2 aromatic rings. The maximum absolute atomic E-state index is 11.8. The molecule has 2 aromatic carbocycles. The molecule has 0 saturated heterocycles. The van der Waals surface area contributed by atoms with E-state index < -0.39 is 0 Å². The first-order valence-corrected chi connectivity index (χ1v) is 6.52. The van der Waals surface area contributed by atoms with Gasteiger partial charge in [0.25, 0.3) is 5.91 Å². The number of hydrogen-bond acceptors (Lipinski definition) is 3. The smallest absolute Gasteiger partial charge is 0.271 e. The summed E-state index contributed by atoms with van der Waals surface area (Å²) in [7, 11) is 0. The van der Waals surface area contributed by atoms with Crippen LogP contribution in [0.1, 0.15) is 15.9 Å². The fourth-order valence-corrected chi connectivity index (χ4v) is 1.68. The Morgan fingerprint density at radius 2 is 1.86 bits per heavy atom. The molecule has 0 aliphatic heterocycles.